The number of nitrogens with one attached hydrogen (secondary N) is 2. The van der Waals surface area contributed by atoms with Crippen LogP contribution in [0.5, 0.6) is 0 Å². The van der Waals surface area contributed by atoms with E-state index in [-0.39, 0.29) is 24.0 Å². The Morgan fingerprint density at radius 2 is 2.12 bits per heavy atom. The van der Waals surface area contributed by atoms with E-state index in [0.717, 1.165) is 49.5 Å². The highest BCUT2D eigenvalue weighted by Crippen LogP contribution is 2.17. The molecule has 0 spiro atoms. The van der Waals surface area contributed by atoms with Gasteiger partial charge < -0.3 is 15.5 Å². The Morgan fingerprint density at radius 3 is 2.77 bits per heavy atom. The zero-order valence-corrected chi connectivity index (χ0v) is 20.0. The van der Waals surface area contributed by atoms with Crippen LogP contribution in [-0.2, 0) is 6.42 Å². The predicted molar refractivity (Wildman–Crippen MR) is 124 cm³/mol. The van der Waals surface area contributed by atoms with E-state index in [1.54, 1.807) is 11.3 Å². The molecule has 0 aromatic carbocycles. The van der Waals surface area contributed by atoms with Crippen LogP contribution in [0.3, 0.4) is 0 Å². The maximum absolute atomic E-state index is 4.74. The summed E-state index contributed by atoms with van der Waals surface area (Å²) in [4.78, 5) is 13.2. The first kappa shape index (κ1) is 23.6. The van der Waals surface area contributed by atoms with Crippen molar-refractivity contribution in [2.45, 2.75) is 65.8 Å². The molecule has 1 fully saturated rings. The largest absolute Gasteiger partial charge is 0.357 e. The number of aromatic nitrogens is 1. The summed E-state index contributed by atoms with van der Waals surface area (Å²) in [6.45, 7) is 13.8. The van der Waals surface area contributed by atoms with E-state index < -0.39 is 0 Å². The van der Waals surface area contributed by atoms with Gasteiger partial charge in [-0.2, -0.15) is 0 Å². The summed E-state index contributed by atoms with van der Waals surface area (Å²) in [5.74, 6) is 0.938. The van der Waals surface area contributed by atoms with E-state index >= 15 is 0 Å². The molecular formula is C19H36IN5S. The first-order valence-corrected chi connectivity index (χ1v) is 10.6. The van der Waals surface area contributed by atoms with Crippen LogP contribution >= 0.6 is 35.3 Å². The van der Waals surface area contributed by atoms with Crippen molar-refractivity contribution in [3.05, 3.63) is 15.6 Å². The Hall–Kier alpha value is -0.410. The monoisotopic (exact) mass is 493 g/mol. The highest BCUT2D eigenvalue weighted by atomic mass is 127. The topological polar surface area (TPSA) is 52.6 Å². The Bertz CT molecular complexity index is 546. The first-order chi connectivity index (χ1) is 12.1. The number of likely N-dealkylation sites (tertiary alicyclic amines) is 1. The van der Waals surface area contributed by atoms with Gasteiger partial charge in [0.1, 0.15) is 0 Å². The maximum atomic E-state index is 4.74. The number of piperidine rings is 1. The molecule has 150 valence electrons. The Balaban J connectivity index is 0.00000338. The van der Waals surface area contributed by atoms with Gasteiger partial charge >= 0.3 is 0 Å². The zero-order valence-electron chi connectivity index (χ0n) is 16.8. The van der Waals surface area contributed by atoms with Crippen molar-refractivity contribution in [3.63, 3.8) is 0 Å². The predicted octanol–water partition coefficient (Wildman–Crippen LogP) is 3.74. The van der Waals surface area contributed by atoms with Crippen molar-refractivity contribution in [3.8, 4) is 0 Å². The van der Waals surface area contributed by atoms with Gasteiger partial charge in [0.25, 0.3) is 0 Å². The molecule has 1 atom stereocenters. The lowest BCUT2D eigenvalue weighted by Gasteiger charge is -2.33. The van der Waals surface area contributed by atoms with E-state index in [4.69, 9.17) is 4.99 Å². The molecule has 2 rings (SSSR count). The van der Waals surface area contributed by atoms with Gasteiger partial charge in [0.05, 0.1) is 10.7 Å². The average Bonchev–Trinajstić information content (AvgIpc) is 2.90. The molecule has 0 radical (unpaired) electrons. The summed E-state index contributed by atoms with van der Waals surface area (Å²) in [7, 11) is 0. The third-order valence-corrected chi connectivity index (χ3v) is 5.93. The van der Waals surface area contributed by atoms with Crippen molar-refractivity contribution >= 4 is 41.3 Å². The first-order valence-electron chi connectivity index (χ1n) is 9.79. The molecule has 0 bridgehead atoms. The van der Waals surface area contributed by atoms with Crippen LogP contribution in [0.2, 0.25) is 0 Å². The molecule has 1 saturated heterocycles. The minimum Gasteiger partial charge on any atom is -0.357 e. The van der Waals surface area contributed by atoms with Crippen molar-refractivity contribution < 1.29 is 0 Å². The van der Waals surface area contributed by atoms with Gasteiger partial charge in [0.15, 0.2) is 5.96 Å². The second kappa shape index (κ2) is 12.9. The van der Waals surface area contributed by atoms with Crippen LogP contribution in [0.1, 0.15) is 55.1 Å². The Kier molecular flexibility index (Phi) is 11.7. The molecule has 5 nitrogen and oxygen atoms in total. The second-order valence-corrected chi connectivity index (χ2v) is 8.20. The lowest BCUT2D eigenvalue weighted by molar-refractivity contribution is 0.160. The third-order valence-electron chi connectivity index (χ3n) is 4.80. The van der Waals surface area contributed by atoms with Crippen LogP contribution in [0, 0.1) is 13.8 Å². The fourth-order valence-corrected chi connectivity index (χ4v) is 4.33. The molecule has 26 heavy (non-hydrogen) atoms. The van der Waals surface area contributed by atoms with E-state index in [2.05, 4.69) is 48.2 Å². The van der Waals surface area contributed by atoms with E-state index in [1.807, 2.05) is 0 Å². The van der Waals surface area contributed by atoms with Crippen molar-refractivity contribution in [2.75, 3.05) is 32.7 Å². The third kappa shape index (κ3) is 8.08. The second-order valence-electron chi connectivity index (χ2n) is 6.91. The highest BCUT2D eigenvalue weighted by molar-refractivity contribution is 14.0. The lowest BCUT2D eigenvalue weighted by Crippen LogP contribution is -2.39. The number of nitrogens with zero attached hydrogens (tertiary/aromatic N) is 3. The molecule has 0 saturated carbocycles. The number of thiazole rings is 1. The molecule has 1 unspecified atom stereocenters. The minimum atomic E-state index is 0. The maximum Gasteiger partial charge on any atom is 0.191 e. The van der Waals surface area contributed by atoms with Gasteiger partial charge in [-0.1, -0.05) is 6.42 Å². The summed E-state index contributed by atoms with van der Waals surface area (Å²) >= 11 is 1.80. The Labute approximate surface area is 180 Å². The molecule has 1 aliphatic heterocycles. The van der Waals surface area contributed by atoms with E-state index in [1.165, 1.54) is 42.9 Å². The van der Waals surface area contributed by atoms with Crippen LogP contribution in [0.25, 0.3) is 0 Å². The summed E-state index contributed by atoms with van der Waals surface area (Å²) in [6.07, 6.45) is 6.24. The fourth-order valence-electron chi connectivity index (χ4n) is 3.40. The quantitative estimate of drug-likeness (QED) is 0.251. The van der Waals surface area contributed by atoms with E-state index in [0.29, 0.717) is 0 Å². The molecule has 2 heterocycles. The van der Waals surface area contributed by atoms with Gasteiger partial charge in [0, 0.05) is 43.5 Å². The normalized spacial score (nSPS) is 18.5. The lowest BCUT2D eigenvalue weighted by atomic mass is 10.0. The van der Waals surface area contributed by atoms with Crippen molar-refractivity contribution in [1.82, 2.24) is 20.5 Å². The number of halogens is 1. The standard InChI is InChI=1S/C19H35N5S.HI/c1-5-20-19(22-12-10-18-16(3)23-17(4)25-18)21-11-8-14-24-13-7-6-9-15(24)2;/h15H,5-14H2,1-4H3,(H2,20,21,22);1H. The number of guanidine groups is 1. The van der Waals surface area contributed by atoms with E-state index in [9.17, 15) is 0 Å². The molecule has 2 N–H and O–H groups in total. The fraction of sp³-hybridized carbons (Fsp3) is 0.789. The van der Waals surface area contributed by atoms with Gasteiger partial charge in [-0.05, 0) is 53.5 Å². The number of hydrogen-bond acceptors (Lipinski definition) is 4. The summed E-state index contributed by atoms with van der Waals surface area (Å²) in [6, 6.07) is 0.746. The Morgan fingerprint density at radius 1 is 1.31 bits per heavy atom. The number of hydrogen-bond donors (Lipinski definition) is 2. The average molecular weight is 494 g/mol. The molecule has 0 amide bonds. The van der Waals surface area contributed by atoms with Gasteiger partial charge in [-0.3, -0.25) is 4.99 Å². The van der Waals surface area contributed by atoms with Crippen LogP contribution in [0.15, 0.2) is 4.99 Å². The minimum absolute atomic E-state index is 0. The van der Waals surface area contributed by atoms with Gasteiger partial charge in [-0.15, -0.1) is 35.3 Å². The number of rotatable bonds is 8. The molecule has 0 aliphatic carbocycles. The summed E-state index contributed by atoms with van der Waals surface area (Å²) in [5, 5.41) is 7.96. The van der Waals surface area contributed by atoms with Crippen LogP contribution < -0.4 is 10.6 Å². The molecule has 7 heteroatoms. The molecule has 1 aliphatic rings. The SMILES string of the molecule is CCNC(=NCCCN1CCCCC1C)NCCc1sc(C)nc1C.I. The van der Waals surface area contributed by atoms with Gasteiger partial charge in [0.2, 0.25) is 0 Å². The number of aryl methyl sites for hydroxylation is 2. The zero-order chi connectivity index (χ0) is 18.1. The molecular weight excluding hydrogens is 457 g/mol. The molecule has 1 aromatic rings. The van der Waals surface area contributed by atoms with Gasteiger partial charge in [-0.25, -0.2) is 4.98 Å². The van der Waals surface area contributed by atoms with Crippen LogP contribution in [0.4, 0.5) is 0 Å². The van der Waals surface area contributed by atoms with Crippen molar-refractivity contribution in [1.29, 1.82) is 0 Å². The number of aliphatic imine (C=N–C) groups is 1. The summed E-state index contributed by atoms with van der Waals surface area (Å²) in [5.41, 5.74) is 1.17. The summed E-state index contributed by atoms with van der Waals surface area (Å²) < 4.78 is 0. The van der Waals surface area contributed by atoms with Crippen molar-refractivity contribution in [2.24, 2.45) is 4.99 Å². The highest BCUT2D eigenvalue weighted by Gasteiger charge is 2.16. The smallest absolute Gasteiger partial charge is 0.191 e. The molecule has 1 aromatic heterocycles. The van der Waals surface area contributed by atoms with Crippen LogP contribution in [-0.4, -0.2) is 54.6 Å².